The summed E-state index contributed by atoms with van der Waals surface area (Å²) in [5, 5.41) is 0. The molecule has 2 aromatic carbocycles. The lowest BCUT2D eigenvalue weighted by atomic mass is 9.75. The van der Waals surface area contributed by atoms with E-state index < -0.39 is 5.41 Å². The SMILES string of the molecule is CC(=O)c1cc2c(cc1C(C)C)OCC21COc2cc(C(C)C)c(C(C)=O)cc21. The third-order valence-electron chi connectivity index (χ3n) is 6.29. The molecule has 0 unspecified atom stereocenters. The highest BCUT2D eigenvalue weighted by molar-refractivity contribution is 5.97. The summed E-state index contributed by atoms with van der Waals surface area (Å²) < 4.78 is 12.2. The van der Waals surface area contributed by atoms with Gasteiger partial charge in [-0.15, -0.1) is 0 Å². The molecule has 0 aromatic heterocycles. The number of benzene rings is 2. The van der Waals surface area contributed by atoms with Gasteiger partial charge < -0.3 is 9.47 Å². The number of ether oxygens (including phenoxy) is 2. The van der Waals surface area contributed by atoms with Gasteiger partial charge in [-0.25, -0.2) is 0 Å². The third-order valence-corrected chi connectivity index (χ3v) is 6.29. The van der Waals surface area contributed by atoms with Crippen LogP contribution >= 0.6 is 0 Å². The van der Waals surface area contributed by atoms with Crippen LogP contribution < -0.4 is 9.47 Å². The Bertz CT molecular complexity index is 946. The number of hydrogen-bond acceptors (Lipinski definition) is 4. The molecule has 0 saturated heterocycles. The molecule has 1 spiro atoms. The summed E-state index contributed by atoms with van der Waals surface area (Å²) in [4.78, 5) is 24.7. The minimum Gasteiger partial charge on any atom is -0.492 e. The van der Waals surface area contributed by atoms with Crippen molar-refractivity contribution >= 4 is 11.6 Å². The van der Waals surface area contributed by atoms with Crippen molar-refractivity contribution in [1.29, 1.82) is 0 Å². The fourth-order valence-electron chi connectivity index (χ4n) is 4.64. The van der Waals surface area contributed by atoms with E-state index in [1.165, 1.54) is 0 Å². The summed E-state index contributed by atoms with van der Waals surface area (Å²) >= 11 is 0. The van der Waals surface area contributed by atoms with Crippen LogP contribution in [0, 0.1) is 0 Å². The molecule has 0 atom stereocenters. The van der Waals surface area contributed by atoms with Gasteiger partial charge in [0.15, 0.2) is 11.6 Å². The lowest BCUT2D eigenvalue weighted by molar-refractivity contribution is 0.100. The highest BCUT2D eigenvalue weighted by Gasteiger charge is 2.49. The van der Waals surface area contributed by atoms with Gasteiger partial charge in [-0.3, -0.25) is 9.59 Å². The van der Waals surface area contributed by atoms with Crippen molar-refractivity contribution in [2.24, 2.45) is 0 Å². The number of carbonyl (C=O) groups excluding carboxylic acids is 2. The van der Waals surface area contributed by atoms with Crippen molar-refractivity contribution in [3.63, 3.8) is 0 Å². The number of rotatable bonds is 4. The molecule has 2 heterocycles. The van der Waals surface area contributed by atoms with E-state index in [1.807, 2.05) is 24.3 Å². The minimum atomic E-state index is -0.482. The average molecular weight is 392 g/mol. The van der Waals surface area contributed by atoms with Gasteiger partial charge in [0.25, 0.3) is 0 Å². The molecule has 4 rings (SSSR count). The van der Waals surface area contributed by atoms with Crippen molar-refractivity contribution in [3.8, 4) is 11.5 Å². The summed E-state index contributed by atoms with van der Waals surface area (Å²) in [6.45, 7) is 12.5. The first-order valence-corrected chi connectivity index (χ1v) is 10.3. The highest BCUT2D eigenvalue weighted by atomic mass is 16.5. The maximum absolute atomic E-state index is 12.4. The molecule has 2 aliphatic heterocycles. The van der Waals surface area contributed by atoms with E-state index in [4.69, 9.17) is 9.47 Å². The van der Waals surface area contributed by atoms with E-state index in [9.17, 15) is 9.59 Å². The van der Waals surface area contributed by atoms with Crippen molar-refractivity contribution in [2.75, 3.05) is 13.2 Å². The highest BCUT2D eigenvalue weighted by Crippen LogP contribution is 2.52. The van der Waals surface area contributed by atoms with Crippen LogP contribution in [0.3, 0.4) is 0 Å². The monoisotopic (exact) mass is 392 g/mol. The Morgan fingerprint density at radius 3 is 1.45 bits per heavy atom. The van der Waals surface area contributed by atoms with Gasteiger partial charge in [0.05, 0.1) is 5.41 Å². The molecular weight excluding hydrogens is 364 g/mol. The van der Waals surface area contributed by atoms with Crippen LogP contribution in [0.2, 0.25) is 0 Å². The predicted molar refractivity (Wildman–Crippen MR) is 113 cm³/mol. The second-order valence-corrected chi connectivity index (χ2v) is 8.95. The van der Waals surface area contributed by atoms with Crippen LogP contribution in [0.15, 0.2) is 24.3 Å². The smallest absolute Gasteiger partial charge is 0.160 e. The van der Waals surface area contributed by atoms with Gasteiger partial charge in [0.2, 0.25) is 0 Å². The molecule has 0 radical (unpaired) electrons. The van der Waals surface area contributed by atoms with Gasteiger partial charge in [0, 0.05) is 22.3 Å². The molecule has 0 amide bonds. The molecular formula is C25H28O4. The standard InChI is InChI=1S/C25H28O4/c1-13(2)17-9-23-21(7-19(17)15(5)26)25(11-28-23)12-29-24-10-18(14(3)4)20(16(6)27)8-22(24)25/h7-10,13-14H,11-12H2,1-6H3. The van der Waals surface area contributed by atoms with Crippen molar-refractivity contribution in [1.82, 2.24) is 0 Å². The molecule has 0 bridgehead atoms. The Labute approximate surface area is 172 Å². The first kappa shape index (κ1) is 19.7. The zero-order chi connectivity index (χ0) is 21.1. The number of ketones is 2. The number of carbonyl (C=O) groups is 2. The molecule has 0 N–H and O–H groups in total. The Morgan fingerprint density at radius 1 is 0.759 bits per heavy atom. The molecule has 4 nitrogen and oxygen atoms in total. The van der Waals surface area contributed by atoms with Crippen LogP contribution in [-0.4, -0.2) is 24.8 Å². The number of fused-ring (bicyclic) bond motifs is 4. The summed E-state index contributed by atoms with van der Waals surface area (Å²) in [5.41, 5.74) is 4.98. The second-order valence-electron chi connectivity index (χ2n) is 8.95. The first-order valence-electron chi connectivity index (χ1n) is 10.3. The van der Waals surface area contributed by atoms with Gasteiger partial charge in [-0.1, -0.05) is 27.7 Å². The number of hydrogen-bond donors (Lipinski definition) is 0. The van der Waals surface area contributed by atoms with Gasteiger partial charge in [-0.05, 0) is 61.1 Å². The molecule has 0 aliphatic carbocycles. The fraction of sp³-hybridized carbons (Fsp3) is 0.440. The minimum absolute atomic E-state index is 0.0530. The lowest BCUT2D eigenvalue weighted by Gasteiger charge is -2.23. The fourth-order valence-corrected chi connectivity index (χ4v) is 4.64. The van der Waals surface area contributed by atoms with Crippen LogP contribution in [0.4, 0.5) is 0 Å². The van der Waals surface area contributed by atoms with E-state index in [2.05, 4.69) is 27.7 Å². The Kier molecular flexibility index (Phi) is 4.56. The summed E-state index contributed by atoms with van der Waals surface area (Å²) in [7, 11) is 0. The van der Waals surface area contributed by atoms with E-state index in [0.29, 0.717) is 13.2 Å². The molecule has 29 heavy (non-hydrogen) atoms. The topological polar surface area (TPSA) is 52.6 Å². The first-order chi connectivity index (χ1) is 13.7. The summed E-state index contributed by atoms with van der Waals surface area (Å²) in [5.74, 6) is 2.18. The molecule has 2 aromatic rings. The molecule has 0 saturated carbocycles. The third kappa shape index (κ3) is 2.88. The maximum atomic E-state index is 12.4. The van der Waals surface area contributed by atoms with Crippen LogP contribution in [0.5, 0.6) is 11.5 Å². The Morgan fingerprint density at radius 2 is 1.14 bits per heavy atom. The molecule has 2 aliphatic rings. The zero-order valence-electron chi connectivity index (χ0n) is 18.0. The largest absolute Gasteiger partial charge is 0.492 e. The zero-order valence-corrected chi connectivity index (χ0v) is 18.0. The maximum Gasteiger partial charge on any atom is 0.160 e. The molecule has 152 valence electrons. The normalized spacial score (nSPS) is 16.0. The summed E-state index contributed by atoms with van der Waals surface area (Å²) in [6, 6.07) is 8.00. The van der Waals surface area contributed by atoms with E-state index >= 15 is 0 Å². The van der Waals surface area contributed by atoms with Crippen LogP contribution in [0.1, 0.15) is 96.3 Å². The van der Waals surface area contributed by atoms with Crippen molar-refractivity contribution < 1.29 is 19.1 Å². The lowest BCUT2D eigenvalue weighted by Crippen LogP contribution is -2.31. The predicted octanol–water partition coefficient (Wildman–Crippen LogP) is 5.41. The molecule has 4 heteroatoms. The second kappa shape index (κ2) is 6.72. The van der Waals surface area contributed by atoms with Crippen LogP contribution in [-0.2, 0) is 5.41 Å². The number of Topliss-reactive ketones (excluding diaryl/α,β-unsaturated/α-hetero) is 2. The summed E-state index contributed by atoms with van der Waals surface area (Å²) in [6.07, 6.45) is 0. The van der Waals surface area contributed by atoms with Crippen molar-refractivity contribution in [2.45, 2.75) is 58.8 Å². The quantitative estimate of drug-likeness (QED) is 0.653. The van der Waals surface area contributed by atoms with Gasteiger partial charge >= 0.3 is 0 Å². The Hall–Kier alpha value is -2.62. The van der Waals surface area contributed by atoms with E-state index in [-0.39, 0.29) is 23.4 Å². The van der Waals surface area contributed by atoms with Crippen LogP contribution in [0.25, 0.3) is 0 Å². The average Bonchev–Trinajstić information content (AvgIpc) is 3.21. The van der Waals surface area contributed by atoms with Crippen molar-refractivity contribution in [3.05, 3.63) is 57.6 Å². The van der Waals surface area contributed by atoms with Gasteiger partial charge in [-0.2, -0.15) is 0 Å². The van der Waals surface area contributed by atoms with E-state index in [0.717, 1.165) is 44.9 Å². The van der Waals surface area contributed by atoms with E-state index in [1.54, 1.807) is 13.8 Å². The molecule has 0 fully saturated rings. The Balaban J connectivity index is 1.94. The van der Waals surface area contributed by atoms with Gasteiger partial charge in [0.1, 0.15) is 24.7 Å².